The summed E-state index contributed by atoms with van der Waals surface area (Å²) < 4.78 is 40.0. The van der Waals surface area contributed by atoms with Gasteiger partial charge in [-0.25, -0.2) is 0 Å². The first kappa shape index (κ1) is 19.2. The van der Waals surface area contributed by atoms with Crippen LogP contribution in [0.15, 0.2) is 54.6 Å². The Balaban J connectivity index is 1.90. The number of aromatic amines is 1. The van der Waals surface area contributed by atoms with Crippen LogP contribution in [0, 0.1) is 5.92 Å². The highest BCUT2D eigenvalue weighted by Gasteiger charge is 2.43. The summed E-state index contributed by atoms with van der Waals surface area (Å²) in [6.07, 6.45) is -3.82. The van der Waals surface area contributed by atoms with Gasteiger partial charge in [0.15, 0.2) is 5.69 Å². The molecule has 1 aliphatic heterocycles. The number of hydrogen-bond donors (Lipinski definition) is 1. The summed E-state index contributed by atoms with van der Waals surface area (Å²) >= 11 is 0. The second-order valence-corrected chi connectivity index (χ2v) is 7.60. The van der Waals surface area contributed by atoms with Crippen LogP contribution in [-0.2, 0) is 12.6 Å². The largest absolute Gasteiger partial charge is 0.416 e. The number of carbonyl (C=O) groups is 1. The van der Waals surface area contributed by atoms with Gasteiger partial charge in [0.25, 0.3) is 5.91 Å². The zero-order valence-electron chi connectivity index (χ0n) is 16.0. The molecule has 7 heteroatoms. The molecule has 150 valence electrons. The third-order valence-electron chi connectivity index (χ3n) is 5.01. The summed E-state index contributed by atoms with van der Waals surface area (Å²) in [5.41, 5.74) is 2.00. The first-order valence-electron chi connectivity index (χ1n) is 9.40. The summed E-state index contributed by atoms with van der Waals surface area (Å²) in [5, 5.41) is 7.15. The van der Waals surface area contributed by atoms with Crippen LogP contribution in [0.3, 0.4) is 0 Å². The SMILES string of the molecule is CC(C)Cc1[nH]nc2c1C(c1cccc(C(F)(F)F)c1)N(c1ccccc1)C2=O. The highest BCUT2D eigenvalue weighted by atomic mass is 19.4. The van der Waals surface area contributed by atoms with Crippen LogP contribution in [-0.4, -0.2) is 16.1 Å². The minimum atomic E-state index is -4.46. The number of para-hydroxylation sites is 1. The predicted octanol–water partition coefficient (Wildman–Crippen LogP) is 5.38. The molecule has 0 radical (unpaired) electrons. The van der Waals surface area contributed by atoms with Crippen LogP contribution >= 0.6 is 0 Å². The van der Waals surface area contributed by atoms with Gasteiger partial charge in [-0.15, -0.1) is 0 Å². The lowest BCUT2D eigenvalue weighted by molar-refractivity contribution is -0.137. The molecule has 29 heavy (non-hydrogen) atoms. The second-order valence-electron chi connectivity index (χ2n) is 7.60. The molecule has 1 aromatic heterocycles. The van der Waals surface area contributed by atoms with Crippen molar-refractivity contribution in [2.45, 2.75) is 32.5 Å². The number of hydrogen-bond acceptors (Lipinski definition) is 2. The second kappa shape index (κ2) is 7.06. The molecule has 1 atom stereocenters. The number of amides is 1. The van der Waals surface area contributed by atoms with Crippen molar-refractivity contribution >= 4 is 11.6 Å². The highest BCUT2D eigenvalue weighted by Crippen LogP contribution is 2.43. The lowest BCUT2D eigenvalue weighted by Gasteiger charge is -2.27. The molecule has 4 rings (SSSR count). The van der Waals surface area contributed by atoms with E-state index in [0.29, 0.717) is 29.2 Å². The maximum atomic E-state index is 13.3. The molecular weight excluding hydrogens is 379 g/mol. The monoisotopic (exact) mass is 399 g/mol. The summed E-state index contributed by atoms with van der Waals surface area (Å²) in [5.74, 6) is -0.0255. The Morgan fingerprint density at radius 1 is 1.10 bits per heavy atom. The van der Waals surface area contributed by atoms with E-state index in [1.54, 1.807) is 30.3 Å². The lowest BCUT2D eigenvalue weighted by atomic mass is 9.94. The van der Waals surface area contributed by atoms with Gasteiger partial charge in [0.2, 0.25) is 0 Å². The molecule has 2 aromatic carbocycles. The van der Waals surface area contributed by atoms with Crippen molar-refractivity contribution in [1.82, 2.24) is 10.2 Å². The van der Waals surface area contributed by atoms with E-state index < -0.39 is 17.8 Å². The van der Waals surface area contributed by atoms with Crippen LogP contribution in [0.25, 0.3) is 0 Å². The van der Waals surface area contributed by atoms with E-state index in [9.17, 15) is 18.0 Å². The fourth-order valence-electron chi connectivity index (χ4n) is 3.82. The van der Waals surface area contributed by atoms with Gasteiger partial charge in [-0.1, -0.05) is 44.2 Å². The minimum Gasteiger partial charge on any atom is -0.295 e. The fourth-order valence-corrected chi connectivity index (χ4v) is 3.82. The fraction of sp³-hybridized carbons (Fsp3) is 0.273. The summed E-state index contributed by atoms with van der Waals surface area (Å²) in [6.45, 7) is 4.08. The average Bonchev–Trinajstić information content (AvgIpc) is 3.20. The van der Waals surface area contributed by atoms with Crippen LogP contribution in [0.1, 0.15) is 52.8 Å². The minimum absolute atomic E-state index is 0.270. The van der Waals surface area contributed by atoms with Gasteiger partial charge >= 0.3 is 6.18 Å². The Labute approximate surface area is 166 Å². The first-order valence-corrected chi connectivity index (χ1v) is 9.40. The number of carbonyl (C=O) groups excluding carboxylic acids is 1. The van der Waals surface area contributed by atoms with E-state index in [1.165, 1.54) is 11.0 Å². The normalized spacial score (nSPS) is 16.6. The highest BCUT2D eigenvalue weighted by molar-refractivity contribution is 6.10. The molecule has 2 heterocycles. The average molecular weight is 399 g/mol. The number of alkyl halides is 3. The van der Waals surface area contributed by atoms with E-state index >= 15 is 0 Å². The summed E-state index contributed by atoms with van der Waals surface area (Å²) in [4.78, 5) is 14.7. The number of benzene rings is 2. The first-order chi connectivity index (χ1) is 13.8. The predicted molar refractivity (Wildman–Crippen MR) is 104 cm³/mol. The van der Waals surface area contributed by atoms with Crippen molar-refractivity contribution in [3.8, 4) is 0 Å². The third kappa shape index (κ3) is 3.41. The van der Waals surface area contributed by atoms with Crippen molar-refractivity contribution in [3.63, 3.8) is 0 Å². The van der Waals surface area contributed by atoms with Gasteiger partial charge in [-0.05, 0) is 42.2 Å². The van der Waals surface area contributed by atoms with Crippen LogP contribution in [0.5, 0.6) is 0 Å². The Hall–Kier alpha value is -3.09. The number of aromatic nitrogens is 2. The summed E-state index contributed by atoms with van der Waals surface area (Å²) in [6, 6.07) is 13.5. The number of fused-ring (bicyclic) bond motifs is 1. The van der Waals surface area contributed by atoms with Gasteiger partial charge in [0.1, 0.15) is 0 Å². The smallest absolute Gasteiger partial charge is 0.295 e. The van der Waals surface area contributed by atoms with Crippen LogP contribution in [0.2, 0.25) is 0 Å². The molecule has 0 saturated heterocycles. The lowest BCUT2D eigenvalue weighted by Crippen LogP contribution is -2.29. The zero-order chi connectivity index (χ0) is 20.8. The number of anilines is 1. The number of rotatable bonds is 4. The van der Waals surface area contributed by atoms with E-state index in [2.05, 4.69) is 10.2 Å². The topological polar surface area (TPSA) is 49.0 Å². The standard InChI is InChI=1S/C22H20F3N3O/c1-13(2)11-17-18-19(27-26-17)21(29)28(16-9-4-3-5-10-16)20(18)14-7-6-8-15(12-14)22(23,24)25/h3-10,12-13,20H,11H2,1-2H3,(H,26,27). The third-order valence-corrected chi connectivity index (χ3v) is 5.01. The Morgan fingerprint density at radius 2 is 1.83 bits per heavy atom. The van der Waals surface area contributed by atoms with Gasteiger partial charge in [0, 0.05) is 16.9 Å². The zero-order valence-corrected chi connectivity index (χ0v) is 16.0. The quantitative estimate of drug-likeness (QED) is 0.641. The molecule has 0 aliphatic carbocycles. The van der Waals surface area contributed by atoms with Crippen molar-refractivity contribution in [3.05, 3.63) is 82.7 Å². The van der Waals surface area contributed by atoms with Crippen molar-refractivity contribution in [2.24, 2.45) is 5.92 Å². The summed E-state index contributed by atoms with van der Waals surface area (Å²) in [7, 11) is 0. The number of nitrogens with zero attached hydrogens (tertiary/aromatic N) is 2. The molecule has 4 nitrogen and oxygen atoms in total. The van der Waals surface area contributed by atoms with Crippen molar-refractivity contribution in [1.29, 1.82) is 0 Å². The Kier molecular flexibility index (Phi) is 4.68. The van der Waals surface area contributed by atoms with Crippen molar-refractivity contribution < 1.29 is 18.0 Å². The van der Waals surface area contributed by atoms with E-state index in [1.807, 2.05) is 19.9 Å². The van der Waals surface area contributed by atoms with Gasteiger partial charge < -0.3 is 0 Å². The molecule has 3 aromatic rings. The van der Waals surface area contributed by atoms with Crippen LogP contribution < -0.4 is 4.90 Å². The molecule has 0 fully saturated rings. The maximum absolute atomic E-state index is 13.3. The van der Waals surface area contributed by atoms with Crippen molar-refractivity contribution in [2.75, 3.05) is 4.90 Å². The Bertz CT molecular complexity index is 1040. The molecule has 1 aliphatic rings. The van der Waals surface area contributed by atoms with E-state index in [0.717, 1.165) is 17.8 Å². The molecule has 1 N–H and O–H groups in total. The molecular formula is C22H20F3N3O. The molecule has 1 amide bonds. The molecule has 0 saturated carbocycles. The number of halogens is 3. The van der Waals surface area contributed by atoms with E-state index in [-0.39, 0.29) is 11.6 Å². The number of nitrogens with one attached hydrogen (secondary N) is 1. The molecule has 0 bridgehead atoms. The van der Waals surface area contributed by atoms with Crippen LogP contribution in [0.4, 0.5) is 18.9 Å². The molecule has 1 unspecified atom stereocenters. The van der Waals surface area contributed by atoms with Gasteiger partial charge in [0.05, 0.1) is 11.6 Å². The number of H-pyrrole nitrogens is 1. The molecule has 0 spiro atoms. The van der Waals surface area contributed by atoms with E-state index in [4.69, 9.17) is 0 Å². The Morgan fingerprint density at radius 3 is 2.48 bits per heavy atom. The van der Waals surface area contributed by atoms with Gasteiger partial charge in [-0.3, -0.25) is 14.8 Å². The maximum Gasteiger partial charge on any atom is 0.416 e. The van der Waals surface area contributed by atoms with Gasteiger partial charge in [-0.2, -0.15) is 18.3 Å².